The molecule has 1 aromatic rings. The summed E-state index contributed by atoms with van der Waals surface area (Å²) in [4.78, 5) is 0. The Hall–Kier alpha value is -1.23. The number of hydrogen-bond acceptors (Lipinski definition) is 4. The summed E-state index contributed by atoms with van der Waals surface area (Å²) in [6.45, 7) is 1.51. The molecule has 0 radical (unpaired) electrons. The molecule has 1 unspecified atom stereocenters. The Morgan fingerprint density at radius 3 is 3.05 bits per heavy atom. The van der Waals surface area contributed by atoms with E-state index in [2.05, 4.69) is 11.4 Å². The van der Waals surface area contributed by atoms with E-state index in [1.807, 2.05) is 12.1 Å². The van der Waals surface area contributed by atoms with Gasteiger partial charge >= 0.3 is 0 Å². The molecule has 1 fully saturated rings. The van der Waals surface area contributed by atoms with Crippen LogP contribution in [0.3, 0.4) is 0 Å². The summed E-state index contributed by atoms with van der Waals surface area (Å²) in [6, 6.07) is 6.11. The largest absolute Gasteiger partial charge is 0.493 e. The van der Waals surface area contributed by atoms with Gasteiger partial charge in [0.2, 0.25) is 0 Å². The molecule has 0 spiro atoms. The van der Waals surface area contributed by atoms with Gasteiger partial charge in [0.05, 0.1) is 18.1 Å². The number of fused-ring (bicyclic) bond motifs is 1. The molecule has 0 aromatic heterocycles. The third-order valence-electron chi connectivity index (χ3n) is 3.83. The molecule has 0 aliphatic carbocycles. The van der Waals surface area contributed by atoms with Crippen molar-refractivity contribution in [2.75, 3.05) is 30.0 Å². The van der Waals surface area contributed by atoms with Crippen LogP contribution < -0.4 is 10.1 Å². The molecular formula is C14H19NO3S. The van der Waals surface area contributed by atoms with Crippen LogP contribution in [-0.2, 0) is 16.3 Å². The van der Waals surface area contributed by atoms with E-state index in [1.165, 1.54) is 12.0 Å². The summed E-state index contributed by atoms with van der Waals surface area (Å²) in [5.74, 6) is 1.56. The van der Waals surface area contributed by atoms with Crippen LogP contribution in [0.5, 0.6) is 5.75 Å². The molecule has 0 amide bonds. The Balaban J connectivity index is 1.61. The number of benzene rings is 1. The van der Waals surface area contributed by atoms with Crippen LogP contribution in [0.1, 0.15) is 18.4 Å². The maximum absolute atomic E-state index is 11.4. The van der Waals surface area contributed by atoms with Crippen LogP contribution in [0, 0.1) is 5.92 Å². The second kappa shape index (κ2) is 5.04. The Labute approximate surface area is 114 Å². The summed E-state index contributed by atoms with van der Waals surface area (Å²) >= 11 is 0. The fourth-order valence-corrected chi connectivity index (χ4v) is 4.59. The zero-order chi connectivity index (χ0) is 13.3. The zero-order valence-corrected chi connectivity index (χ0v) is 11.7. The topological polar surface area (TPSA) is 55.4 Å². The fourth-order valence-electron chi connectivity index (χ4n) is 2.75. The lowest BCUT2D eigenvalue weighted by atomic mass is 10.0. The third kappa shape index (κ3) is 3.03. The summed E-state index contributed by atoms with van der Waals surface area (Å²) in [7, 11) is -2.81. The minimum absolute atomic E-state index is 0.147. The number of nitrogens with one attached hydrogen (secondary N) is 1. The van der Waals surface area contributed by atoms with Gasteiger partial charge in [-0.3, -0.25) is 0 Å². The number of aryl methyl sites for hydroxylation is 1. The van der Waals surface area contributed by atoms with Crippen LogP contribution in [0.4, 0.5) is 5.69 Å². The number of rotatable bonds is 3. The molecule has 0 saturated carbocycles. The first kappa shape index (κ1) is 12.8. The van der Waals surface area contributed by atoms with E-state index in [1.54, 1.807) is 0 Å². The Kier molecular flexibility index (Phi) is 3.39. The highest BCUT2D eigenvalue weighted by Gasteiger charge is 2.28. The molecule has 1 N–H and O–H groups in total. The maximum Gasteiger partial charge on any atom is 0.150 e. The van der Waals surface area contributed by atoms with Crippen molar-refractivity contribution in [3.05, 3.63) is 23.8 Å². The maximum atomic E-state index is 11.4. The van der Waals surface area contributed by atoms with Crippen LogP contribution in [-0.4, -0.2) is 33.1 Å². The van der Waals surface area contributed by atoms with Gasteiger partial charge in [-0.05, 0) is 30.9 Å². The predicted molar refractivity (Wildman–Crippen MR) is 75.5 cm³/mol. The highest BCUT2D eigenvalue weighted by atomic mass is 32.2. The number of sulfone groups is 1. The van der Waals surface area contributed by atoms with E-state index in [-0.39, 0.29) is 11.7 Å². The third-order valence-corrected chi connectivity index (χ3v) is 5.67. The quantitative estimate of drug-likeness (QED) is 0.919. The van der Waals surface area contributed by atoms with Crippen LogP contribution in [0.2, 0.25) is 0 Å². The van der Waals surface area contributed by atoms with Gasteiger partial charge in [-0.25, -0.2) is 8.42 Å². The average Bonchev–Trinajstić information content (AvgIpc) is 2.76. The number of anilines is 1. The molecule has 2 aliphatic rings. The summed E-state index contributed by atoms with van der Waals surface area (Å²) < 4.78 is 28.5. The monoisotopic (exact) mass is 281 g/mol. The highest BCUT2D eigenvalue weighted by Crippen LogP contribution is 2.27. The Morgan fingerprint density at radius 2 is 2.26 bits per heavy atom. The molecule has 1 aromatic carbocycles. The molecule has 104 valence electrons. The molecule has 2 aliphatic heterocycles. The second-order valence-corrected chi connectivity index (χ2v) is 7.66. The first-order valence-corrected chi connectivity index (χ1v) is 8.64. The van der Waals surface area contributed by atoms with Gasteiger partial charge in [0.1, 0.15) is 5.75 Å². The summed E-state index contributed by atoms with van der Waals surface area (Å²) in [5, 5.41) is 3.37. The van der Waals surface area contributed by atoms with E-state index in [4.69, 9.17) is 4.74 Å². The molecule has 4 nitrogen and oxygen atoms in total. The van der Waals surface area contributed by atoms with Crippen molar-refractivity contribution in [2.24, 2.45) is 5.92 Å². The van der Waals surface area contributed by atoms with Gasteiger partial charge in [0.25, 0.3) is 0 Å². The first-order valence-electron chi connectivity index (χ1n) is 6.82. The van der Waals surface area contributed by atoms with Crippen LogP contribution in [0.15, 0.2) is 18.2 Å². The first-order chi connectivity index (χ1) is 9.12. The minimum atomic E-state index is -2.81. The van der Waals surface area contributed by atoms with E-state index < -0.39 is 9.84 Å². The molecule has 1 saturated heterocycles. The molecule has 1 atom stereocenters. The molecule has 2 heterocycles. The van der Waals surface area contributed by atoms with Crippen molar-refractivity contribution in [1.29, 1.82) is 0 Å². The van der Waals surface area contributed by atoms with Crippen molar-refractivity contribution < 1.29 is 13.2 Å². The van der Waals surface area contributed by atoms with Crippen molar-refractivity contribution >= 4 is 15.5 Å². The smallest absolute Gasteiger partial charge is 0.150 e. The molecule has 0 bridgehead atoms. The van der Waals surface area contributed by atoms with Crippen molar-refractivity contribution in [2.45, 2.75) is 19.3 Å². The lowest BCUT2D eigenvalue weighted by molar-refractivity contribution is 0.263. The van der Waals surface area contributed by atoms with Crippen molar-refractivity contribution in [1.82, 2.24) is 0 Å². The molecule has 19 heavy (non-hydrogen) atoms. The Bertz CT molecular complexity index is 568. The van der Waals surface area contributed by atoms with Gasteiger partial charge in [0.15, 0.2) is 9.84 Å². The van der Waals surface area contributed by atoms with Crippen molar-refractivity contribution in [3.8, 4) is 5.75 Å². The van der Waals surface area contributed by atoms with Gasteiger partial charge in [-0.15, -0.1) is 0 Å². The number of hydrogen-bond donors (Lipinski definition) is 1. The Morgan fingerprint density at radius 1 is 1.37 bits per heavy atom. The van der Waals surface area contributed by atoms with Gasteiger partial charge in [-0.2, -0.15) is 0 Å². The summed E-state index contributed by atoms with van der Waals surface area (Å²) in [6.07, 6.45) is 3.02. The molecular weight excluding hydrogens is 262 g/mol. The molecule has 3 rings (SSSR count). The standard InChI is InChI=1S/C14H19NO3S/c16-19(17)7-5-11(10-19)9-18-13-4-3-12-2-1-6-15-14(12)8-13/h3-4,8,11,15H,1-2,5-7,9-10H2. The van der Waals surface area contributed by atoms with E-state index >= 15 is 0 Å². The minimum Gasteiger partial charge on any atom is -0.493 e. The lowest BCUT2D eigenvalue weighted by Gasteiger charge is -2.19. The van der Waals surface area contributed by atoms with Crippen LogP contribution >= 0.6 is 0 Å². The van der Waals surface area contributed by atoms with Gasteiger partial charge in [0, 0.05) is 24.2 Å². The average molecular weight is 281 g/mol. The lowest BCUT2D eigenvalue weighted by Crippen LogP contribution is -2.15. The van der Waals surface area contributed by atoms with E-state index in [0.29, 0.717) is 12.4 Å². The fraction of sp³-hybridized carbons (Fsp3) is 0.571. The molecule has 5 heteroatoms. The predicted octanol–water partition coefficient (Wildman–Crippen LogP) is 1.86. The summed E-state index contributed by atoms with van der Waals surface area (Å²) in [5.41, 5.74) is 2.49. The normalized spacial score (nSPS) is 24.5. The zero-order valence-electron chi connectivity index (χ0n) is 10.9. The van der Waals surface area contributed by atoms with E-state index in [9.17, 15) is 8.42 Å². The van der Waals surface area contributed by atoms with Gasteiger partial charge < -0.3 is 10.1 Å². The second-order valence-electron chi connectivity index (χ2n) is 5.43. The number of ether oxygens (including phenoxy) is 1. The highest BCUT2D eigenvalue weighted by molar-refractivity contribution is 7.91. The van der Waals surface area contributed by atoms with Crippen LogP contribution in [0.25, 0.3) is 0 Å². The van der Waals surface area contributed by atoms with Crippen molar-refractivity contribution in [3.63, 3.8) is 0 Å². The van der Waals surface area contributed by atoms with E-state index in [0.717, 1.165) is 30.8 Å². The van der Waals surface area contributed by atoms with Gasteiger partial charge in [-0.1, -0.05) is 6.07 Å². The SMILES string of the molecule is O=S1(=O)CCC(COc2ccc3c(c2)NCCC3)C1.